The van der Waals surface area contributed by atoms with Gasteiger partial charge in [-0.1, -0.05) is 12.6 Å². The van der Waals surface area contributed by atoms with E-state index in [1.165, 1.54) is 6.20 Å². The van der Waals surface area contributed by atoms with Crippen molar-refractivity contribution in [2.45, 2.75) is 57.5 Å². The Hall–Kier alpha value is -2.97. The highest BCUT2D eigenvalue weighted by Crippen LogP contribution is 2.40. The summed E-state index contributed by atoms with van der Waals surface area (Å²) < 4.78 is 0. The number of aliphatic hydroxyl groups is 1. The van der Waals surface area contributed by atoms with Crippen LogP contribution in [0.5, 0.6) is 0 Å². The molecule has 1 saturated carbocycles. The molecule has 2 aromatic rings. The van der Waals surface area contributed by atoms with Crippen molar-refractivity contribution in [1.29, 1.82) is 0 Å². The molecule has 1 saturated heterocycles. The lowest BCUT2D eigenvalue weighted by molar-refractivity contribution is -0.138. The standard InChI is InChI=1S/C27H35N5O2S/c1-18(10-13-28)16-19(2)30-25-5-3-4-23(31-25)24-17-29-26(35-24)20-6-8-21(9-7-20)27(34)32-14-11-22(33)12-15-32/h3-5,10,13,16-17,20-22,33H,2,6-9,11-12,14-15,28H2,1H3,(H,30,31)/b13-10-,18-16-/t20-,21-. The van der Waals surface area contributed by atoms with Crippen molar-refractivity contribution in [3.63, 3.8) is 0 Å². The van der Waals surface area contributed by atoms with Crippen LogP contribution in [0.3, 0.4) is 0 Å². The fourth-order valence-corrected chi connectivity index (χ4v) is 5.90. The number of carbonyl (C=O) groups excluding carboxylic acids is 1. The van der Waals surface area contributed by atoms with Crippen LogP contribution < -0.4 is 11.1 Å². The maximum Gasteiger partial charge on any atom is 0.225 e. The second-order valence-electron chi connectivity index (χ2n) is 9.47. The first kappa shape index (κ1) is 25.1. The summed E-state index contributed by atoms with van der Waals surface area (Å²) in [5.41, 5.74) is 8.06. The molecule has 186 valence electrons. The first-order chi connectivity index (χ1) is 16.9. The van der Waals surface area contributed by atoms with E-state index in [4.69, 9.17) is 15.7 Å². The molecule has 1 amide bonds. The SMILES string of the molecule is C=C(/C=C(C)\C=C/N)Nc1cccc(-c2cnc([C@H]3CC[C@H](C(=O)N4CCC(O)CC4)CC3)s2)n1. The number of nitrogens with one attached hydrogen (secondary N) is 1. The number of nitrogens with two attached hydrogens (primary N) is 1. The maximum atomic E-state index is 12.9. The van der Waals surface area contributed by atoms with Crippen LogP contribution in [0.25, 0.3) is 10.6 Å². The van der Waals surface area contributed by atoms with Crippen molar-refractivity contribution < 1.29 is 9.90 Å². The molecule has 0 spiro atoms. The molecule has 4 rings (SSSR count). The normalized spacial score (nSPS) is 21.9. The van der Waals surface area contributed by atoms with E-state index in [2.05, 4.69) is 11.9 Å². The summed E-state index contributed by atoms with van der Waals surface area (Å²) in [4.78, 5) is 25.3. The molecular formula is C27H35N5O2S. The number of rotatable bonds is 7. The number of piperidine rings is 1. The molecule has 7 nitrogen and oxygen atoms in total. The molecule has 0 radical (unpaired) electrons. The highest BCUT2D eigenvalue weighted by molar-refractivity contribution is 7.15. The number of aromatic nitrogens is 2. The van der Waals surface area contributed by atoms with E-state index in [0.717, 1.165) is 58.3 Å². The number of allylic oxidation sites excluding steroid dienone is 3. The van der Waals surface area contributed by atoms with Gasteiger partial charge in [-0.25, -0.2) is 9.97 Å². The largest absolute Gasteiger partial charge is 0.405 e. The summed E-state index contributed by atoms with van der Waals surface area (Å²) in [5, 5.41) is 14.1. The Morgan fingerprint density at radius 3 is 2.69 bits per heavy atom. The van der Waals surface area contributed by atoms with Crippen molar-refractivity contribution in [1.82, 2.24) is 14.9 Å². The summed E-state index contributed by atoms with van der Waals surface area (Å²) in [6.07, 6.45) is 12.1. The molecular weight excluding hydrogens is 458 g/mol. The second-order valence-corrected chi connectivity index (χ2v) is 10.5. The Balaban J connectivity index is 1.34. The van der Waals surface area contributed by atoms with E-state index in [0.29, 0.717) is 31.8 Å². The van der Waals surface area contributed by atoms with Gasteiger partial charge in [0.05, 0.1) is 21.7 Å². The smallest absolute Gasteiger partial charge is 0.225 e. The van der Waals surface area contributed by atoms with Crippen molar-refractivity contribution in [3.8, 4) is 10.6 Å². The van der Waals surface area contributed by atoms with Gasteiger partial charge < -0.3 is 21.1 Å². The van der Waals surface area contributed by atoms with E-state index in [1.54, 1.807) is 11.3 Å². The van der Waals surface area contributed by atoms with Crippen LogP contribution in [0.15, 0.2) is 60.6 Å². The molecule has 0 bridgehead atoms. The zero-order valence-corrected chi connectivity index (χ0v) is 21.1. The fraction of sp³-hybridized carbons (Fsp3) is 0.444. The molecule has 0 unspecified atom stereocenters. The Kier molecular flexibility index (Phi) is 8.36. The third-order valence-electron chi connectivity index (χ3n) is 6.78. The van der Waals surface area contributed by atoms with Crippen LogP contribution in [0.1, 0.15) is 56.4 Å². The van der Waals surface area contributed by atoms with Crippen LogP contribution in [0.2, 0.25) is 0 Å². The highest BCUT2D eigenvalue weighted by Gasteiger charge is 2.32. The van der Waals surface area contributed by atoms with E-state index >= 15 is 0 Å². The Morgan fingerprint density at radius 1 is 1.23 bits per heavy atom. The maximum absolute atomic E-state index is 12.9. The molecule has 2 fully saturated rings. The Bertz CT molecular complexity index is 1090. The Labute approximate surface area is 211 Å². The van der Waals surface area contributed by atoms with Gasteiger partial charge in [0.1, 0.15) is 5.82 Å². The fourth-order valence-electron chi connectivity index (χ4n) is 4.84. The number of amides is 1. The van der Waals surface area contributed by atoms with Crippen LogP contribution in [0.4, 0.5) is 5.82 Å². The summed E-state index contributed by atoms with van der Waals surface area (Å²) >= 11 is 1.69. The molecule has 1 aliphatic heterocycles. The molecule has 0 aromatic carbocycles. The monoisotopic (exact) mass is 493 g/mol. The first-order valence-electron chi connectivity index (χ1n) is 12.4. The zero-order valence-electron chi connectivity index (χ0n) is 20.3. The minimum atomic E-state index is -0.251. The topological polar surface area (TPSA) is 104 Å². The molecule has 35 heavy (non-hydrogen) atoms. The average Bonchev–Trinajstić information content (AvgIpc) is 3.35. The first-order valence-corrected chi connectivity index (χ1v) is 13.2. The van der Waals surface area contributed by atoms with Crippen LogP contribution >= 0.6 is 11.3 Å². The third kappa shape index (κ3) is 6.58. The van der Waals surface area contributed by atoms with Gasteiger partial charge in [0.25, 0.3) is 0 Å². The molecule has 8 heteroatoms. The average molecular weight is 494 g/mol. The lowest BCUT2D eigenvalue weighted by Gasteiger charge is -2.34. The third-order valence-corrected chi connectivity index (χ3v) is 7.96. The number of pyridine rings is 1. The van der Waals surface area contributed by atoms with Gasteiger partial charge in [0.2, 0.25) is 5.91 Å². The van der Waals surface area contributed by atoms with Gasteiger partial charge in [-0.05, 0) is 81.5 Å². The number of aliphatic hydroxyl groups excluding tert-OH is 1. The number of hydrogen-bond acceptors (Lipinski definition) is 7. The quantitative estimate of drug-likeness (QED) is 0.478. The van der Waals surface area contributed by atoms with Crippen molar-refractivity contribution >= 4 is 23.1 Å². The van der Waals surface area contributed by atoms with E-state index in [9.17, 15) is 9.90 Å². The summed E-state index contributed by atoms with van der Waals surface area (Å²) in [6, 6.07) is 5.89. The molecule has 1 aliphatic carbocycles. The summed E-state index contributed by atoms with van der Waals surface area (Å²) in [7, 11) is 0. The highest BCUT2D eigenvalue weighted by atomic mass is 32.1. The van der Waals surface area contributed by atoms with Crippen LogP contribution in [-0.4, -0.2) is 45.1 Å². The molecule has 0 atom stereocenters. The number of carbonyl (C=O) groups is 1. The number of anilines is 1. The number of nitrogens with zero attached hydrogens (tertiary/aromatic N) is 3. The van der Waals surface area contributed by atoms with Gasteiger partial charge in [0.15, 0.2) is 0 Å². The minimum absolute atomic E-state index is 0.108. The van der Waals surface area contributed by atoms with Crippen molar-refractivity contribution in [2.24, 2.45) is 11.7 Å². The van der Waals surface area contributed by atoms with Gasteiger partial charge in [-0.2, -0.15) is 0 Å². The van der Waals surface area contributed by atoms with Crippen molar-refractivity contribution in [3.05, 3.63) is 65.6 Å². The minimum Gasteiger partial charge on any atom is -0.405 e. The molecule has 2 aromatic heterocycles. The van der Waals surface area contributed by atoms with Crippen LogP contribution in [-0.2, 0) is 4.79 Å². The summed E-state index contributed by atoms with van der Waals surface area (Å²) in [5.74, 6) is 1.50. The number of hydrogen-bond donors (Lipinski definition) is 3. The zero-order chi connectivity index (χ0) is 24.8. The van der Waals surface area contributed by atoms with Crippen molar-refractivity contribution in [2.75, 3.05) is 18.4 Å². The lowest BCUT2D eigenvalue weighted by atomic mass is 9.81. The van der Waals surface area contributed by atoms with Gasteiger partial charge in [-0.3, -0.25) is 4.79 Å². The molecule has 4 N–H and O–H groups in total. The predicted octanol–water partition coefficient (Wildman–Crippen LogP) is 4.81. The van der Waals surface area contributed by atoms with Gasteiger partial charge in [-0.15, -0.1) is 11.3 Å². The van der Waals surface area contributed by atoms with E-state index in [-0.39, 0.29) is 17.9 Å². The number of thiazole rings is 1. The van der Waals surface area contributed by atoms with E-state index in [1.807, 2.05) is 48.4 Å². The lowest BCUT2D eigenvalue weighted by Crippen LogP contribution is -2.43. The second kappa shape index (κ2) is 11.6. The Morgan fingerprint density at radius 2 is 1.97 bits per heavy atom. The number of likely N-dealkylation sites (tertiary alicyclic amines) is 1. The van der Waals surface area contributed by atoms with Gasteiger partial charge in [0, 0.05) is 36.8 Å². The molecule has 2 aliphatic rings. The van der Waals surface area contributed by atoms with Crippen LogP contribution in [0, 0.1) is 5.92 Å². The van der Waals surface area contributed by atoms with E-state index < -0.39 is 0 Å². The summed E-state index contributed by atoms with van der Waals surface area (Å²) in [6.45, 7) is 7.37. The predicted molar refractivity (Wildman–Crippen MR) is 142 cm³/mol. The van der Waals surface area contributed by atoms with Gasteiger partial charge >= 0.3 is 0 Å². The molecule has 3 heterocycles.